The second-order valence-corrected chi connectivity index (χ2v) is 15.1. The van der Waals surface area contributed by atoms with Gasteiger partial charge in [0.05, 0.1) is 19.1 Å². The summed E-state index contributed by atoms with van der Waals surface area (Å²) >= 11 is 0. The number of hydrogen-bond acceptors (Lipinski definition) is 12. The Morgan fingerprint density at radius 1 is 0.690 bits per heavy atom. The van der Waals surface area contributed by atoms with Gasteiger partial charge in [0.15, 0.2) is 0 Å². The number of aliphatic hydroxyl groups excluding tert-OH is 1. The number of carboxylic acid groups (broad SMARTS) is 1. The van der Waals surface area contributed by atoms with Gasteiger partial charge < -0.3 is 63.8 Å². The van der Waals surface area contributed by atoms with E-state index in [-0.39, 0.29) is 38.8 Å². The molecule has 0 aromatic carbocycles. The molecule has 0 radical (unpaired) electrons. The van der Waals surface area contributed by atoms with Crippen molar-refractivity contribution in [3.8, 4) is 0 Å². The number of nitrogens with two attached hydrogens (primary N) is 3. The van der Waals surface area contributed by atoms with Crippen molar-refractivity contribution in [1.82, 2.24) is 36.4 Å². The fraction of sp³-hybridized carbons (Fsp3) is 0.722. The fourth-order valence-corrected chi connectivity index (χ4v) is 6.71. The van der Waals surface area contributed by atoms with Crippen LogP contribution in [0.1, 0.15) is 86.0 Å². The number of nitrogens with one attached hydrogen (secondary N) is 5. The minimum atomic E-state index is -1.58. The van der Waals surface area contributed by atoms with Gasteiger partial charge in [-0.15, -0.1) is 0 Å². The zero-order valence-electron chi connectivity index (χ0n) is 33.7. The van der Waals surface area contributed by atoms with Gasteiger partial charge in [0.2, 0.25) is 53.2 Å². The molecule has 0 aromatic heterocycles. The van der Waals surface area contributed by atoms with Gasteiger partial charge in [0, 0.05) is 19.5 Å². The van der Waals surface area contributed by atoms with Crippen LogP contribution in [0.25, 0.3) is 0 Å². The Hall–Kier alpha value is -5.38. The standard InChI is InChI=1S/C36H60N10O12/c1-6-18(4)28(35(56)46-14-8-9-23(46)31(52)41-21(36(57)58)11-12-25(38)48)44-30(51)22(16-47)42-33(54)27(17(2)3)43-32(53)24-10-7-13-45(24)34(55)19(5)40-29(50)20(37)15-26(39)49/h17-24,27-28,47H,6-16,37H2,1-5H3,(H2,38,48)(H2,39,49)(H,40,50)(H,41,52)(H,42,54)(H,43,53)(H,44,51)(H,57,58)/t18?,19?,20?,21?,22?,23-,24-,27?,28?/m0/s1. The smallest absolute Gasteiger partial charge is 0.326 e. The number of carbonyl (C=O) groups is 10. The van der Waals surface area contributed by atoms with E-state index in [4.69, 9.17) is 17.2 Å². The number of carbonyl (C=O) groups excluding carboxylic acids is 9. The van der Waals surface area contributed by atoms with Crippen molar-refractivity contribution in [2.75, 3.05) is 19.7 Å². The van der Waals surface area contributed by atoms with E-state index in [1.54, 1.807) is 27.7 Å². The average molecular weight is 825 g/mol. The van der Waals surface area contributed by atoms with Crippen molar-refractivity contribution in [1.29, 1.82) is 0 Å². The molecule has 58 heavy (non-hydrogen) atoms. The van der Waals surface area contributed by atoms with E-state index >= 15 is 0 Å². The molecule has 0 bridgehead atoms. The Morgan fingerprint density at radius 2 is 1.24 bits per heavy atom. The third-order valence-corrected chi connectivity index (χ3v) is 10.3. The van der Waals surface area contributed by atoms with Crippen LogP contribution in [-0.2, 0) is 47.9 Å². The third-order valence-electron chi connectivity index (χ3n) is 10.3. The lowest BCUT2D eigenvalue weighted by Crippen LogP contribution is -2.62. The molecule has 9 amide bonds. The minimum absolute atomic E-state index is 0.122. The van der Waals surface area contributed by atoms with Crippen molar-refractivity contribution in [2.24, 2.45) is 29.0 Å². The molecule has 0 spiro atoms. The Balaban J connectivity index is 2.15. The van der Waals surface area contributed by atoms with Crippen LogP contribution >= 0.6 is 0 Å². The van der Waals surface area contributed by atoms with Crippen LogP contribution in [0, 0.1) is 11.8 Å². The predicted octanol–water partition coefficient (Wildman–Crippen LogP) is -4.34. The summed E-state index contributed by atoms with van der Waals surface area (Å²) in [6.07, 6.45) is 0.695. The van der Waals surface area contributed by atoms with Gasteiger partial charge in [-0.3, -0.25) is 43.2 Å². The summed E-state index contributed by atoms with van der Waals surface area (Å²) in [5, 5.41) is 32.2. The fourth-order valence-electron chi connectivity index (χ4n) is 6.71. The molecule has 22 nitrogen and oxygen atoms in total. The van der Waals surface area contributed by atoms with Gasteiger partial charge in [0.1, 0.15) is 42.3 Å². The van der Waals surface area contributed by atoms with E-state index in [1.165, 1.54) is 16.7 Å². The molecule has 2 heterocycles. The van der Waals surface area contributed by atoms with E-state index in [0.29, 0.717) is 19.3 Å². The van der Waals surface area contributed by atoms with Crippen LogP contribution in [0.3, 0.4) is 0 Å². The first kappa shape index (κ1) is 48.8. The number of likely N-dealkylation sites (tertiary alicyclic amines) is 2. The summed E-state index contributed by atoms with van der Waals surface area (Å²) in [6, 6.07) is -9.96. The summed E-state index contributed by atoms with van der Waals surface area (Å²) in [4.78, 5) is 130. The Kier molecular flexibility index (Phi) is 18.9. The van der Waals surface area contributed by atoms with E-state index in [0.717, 1.165) is 0 Å². The van der Waals surface area contributed by atoms with Gasteiger partial charge in [-0.2, -0.15) is 0 Å². The summed E-state index contributed by atoms with van der Waals surface area (Å²) in [7, 11) is 0. The number of nitrogens with zero attached hydrogens (tertiary/aromatic N) is 2. The molecule has 22 heteroatoms. The van der Waals surface area contributed by atoms with Gasteiger partial charge in [-0.1, -0.05) is 34.1 Å². The molecule has 2 aliphatic rings. The Bertz CT molecular complexity index is 1560. The van der Waals surface area contributed by atoms with E-state index < -0.39 is 132 Å². The molecule has 0 aliphatic carbocycles. The second-order valence-electron chi connectivity index (χ2n) is 15.1. The van der Waals surface area contributed by atoms with Crippen LogP contribution in [-0.4, -0.2) is 147 Å². The van der Waals surface area contributed by atoms with Crippen LogP contribution in [0.5, 0.6) is 0 Å². The maximum absolute atomic E-state index is 13.9. The highest BCUT2D eigenvalue weighted by molar-refractivity contribution is 5.98. The lowest BCUT2D eigenvalue weighted by Gasteiger charge is -2.33. The van der Waals surface area contributed by atoms with Crippen molar-refractivity contribution in [3.05, 3.63) is 0 Å². The Morgan fingerprint density at radius 3 is 1.72 bits per heavy atom. The highest BCUT2D eigenvalue weighted by atomic mass is 16.4. The monoisotopic (exact) mass is 824 g/mol. The third kappa shape index (κ3) is 13.6. The SMILES string of the molecule is CCC(C)C(NC(=O)C(CO)NC(=O)C(NC(=O)[C@@H]1CCCN1C(=O)C(C)NC(=O)C(N)CC(N)=O)C(C)C)C(=O)N1CCC[C@H]1C(=O)NC(CCC(N)=O)C(=O)O. The van der Waals surface area contributed by atoms with Crippen molar-refractivity contribution in [3.63, 3.8) is 0 Å². The maximum atomic E-state index is 13.9. The highest BCUT2D eigenvalue weighted by Crippen LogP contribution is 2.23. The van der Waals surface area contributed by atoms with Crippen molar-refractivity contribution in [2.45, 2.75) is 134 Å². The van der Waals surface area contributed by atoms with Crippen molar-refractivity contribution < 1.29 is 58.2 Å². The summed E-state index contributed by atoms with van der Waals surface area (Å²) in [5.41, 5.74) is 15.9. The number of rotatable bonds is 22. The molecule has 2 rings (SSSR count). The van der Waals surface area contributed by atoms with E-state index in [9.17, 15) is 58.2 Å². The molecule has 0 saturated carbocycles. The van der Waals surface area contributed by atoms with Crippen LogP contribution in [0.15, 0.2) is 0 Å². The molecule has 2 saturated heterocycles. The Labute approximate surface area is 336 Å². The average Bonchev–Trinajstić information content (AvgIpc) is 3.86. The van der Waals surface area contributed by atoms with E-state index in [2.05, 4.69) is 26.6 Å². The van der Waals surface area contributed by atoms with Gasteiger partial charge in [-0.25, -0.2) is 4.79 Å². The lowest BCUT2D eigenvalue weighted by molar-refractivity contribution is -0.145. The first-order valence-corrected chi connectivity index (χ1v) is 19.4. The summed E-state index contributed by atoms with van der Waals surface area (Å²) < 4.78 is 0. The number of hydrogen-bond donors (Lipinski definition) is 10. The van der Waals surface area contributed by atoms with Gasteiger partial charge >= 0.3 is 5.97 Å². The molecule has 0 aromatic rings. The first-order valence-electron chi connectivity index (χ1n) is 19.4. The number of amides is 9. The number of aliphatic hydroxyl groups is 1. The van der Waals surface area contributed by atoms with Gasteiger partial charge in [-0.05, 0) is 50.9 Å². The number of aliphatic carboxylic acids is 1. The lowest BCUT2D eigenvalue weighted by atomic mass is 9.96. The minimum Gasteiger partial charge on any atom is -0.480 e. The number of primary amides is 2. The summed E-state index contributed by atoms with van der Waals surface area (Å²) in [5.74, 6) is -9.23. The zero-order chi connectivity index (χ0) is 44.0. The van der Waals surface area contributed by atoms with Crippen LogP contribution in [0.2, 0.25) is 0 Å². The molecule has 9 atom stereocenters. The largest absolute Gasteiger partial charge is 0.480 e. The molecule has 7 unspecified atom stereocenters. The summed E-state index contributed by atoms with van der Waals surface area (Å²) in [6.45, 7) is 7.49. The molecule has 13 N–H and O–H groups in total. The molecule has 2 aliphatic heterocycles. The van der Waals surface area contributed by atoms with Gasteiger partial charge in [0.25, 0.3) is 0 Å². The van der Waals surface area contributed by atoms with Crippen LogP contribution in [0.4, 0.5) is 0 Å². The molecular formula is C36H60N10O12. The molecule has 2 fully saturated rings. The second kappa shape index (κ2) is 22.5. The molecule has 326 valence electrons. The van der Waals surface area contributed by atoms with Crippen molar-refractivity contribution >= 4 is 59.1 Å². The van der Waals surface area contributed by atoms with E-state index in [1.807, 2.05) is 0 Å². The zero-order valence-corrected chi connectivity index (χ0v) is 33.7. The topological polar surface area (TPSA) is 356 Å². The quantitative estimate of drug-likeness (QED) is 0.0494. The predicted molar refractivity (Wildman–Crippen MR) is 204 cm³/mol. The maximum Gasteiger partial charge on any atom is 0.326 e. The van der Waals surface area contributed by atoms with Crippen LogP contribution < -0.4 is 43.8 Å². The highest BCUT2D eigenvalue weighted by Gasteiger charge is 2.42. The molecular weight excluding hydrogens is 764 g/mol. The normalized spacial score (nSPS) is 20.1. The number of carboxylic acids is 1. The first-order chi connectivity index (χ1) is 27.1.